The number of methoxy groups -OCH3 is 1. The number of carbonyl (C=O) groups excluding carboxylic acids is 2. The first-order chi connectivity index (χ1) is 10.1. The first kappa shape index (κ1) is 17.9. The molecule has 0 aliphatic carbocycles. The van der Waals surface area contributed by atoms with Crippen molar-refractivity contribution in [2.75, 3.05) is 37.8 Å². The Hall–Kier alpha value is -1.19. The van der Waals surface area contributed by atoms with E-state index in [1.807, 2.05) is 6.92 Å². The van der Waals surface area contributed by atoms with Crippen LogP contribution in [0, 0.1) is 0 Å². The predicted molar refractivity (Wildman–Crippen MR) is 83.7 cm³/mol. The Bertz CT molecular complexity index is 467. The number of hydrogen-bond acceptors (Lipinski definition) is 8. The van der Waals surface area contributed by atoms with Gasteiger partial charge in [0.2, 0.25) is 16.2 Å². The van der Waals surface area contributed by atoms with Crippen molar-refractivity contribution in [3.8, 4) is 0 Å². The third kappa shape index (κ3) is 6.87. The fraction of sp³-hybridized carbons (Fsp3) is 0.667. The molecule has 0 saturated carbocycles. The predicted octanol–water partition coefficient (Wildman–Crippen LogP) is 1.47. The number of likely N-dealkylation sites (N-methyl/N-ethyl adjacent to an activating group) is 1. The standard InChI is InChI=1S/C12H20N4O3S2/c1-4-6-20-12-14-11(21-15-12)13-9(17)7-16(5-2)8-10(18)19-3/h4-8H2,1-3H3,(H,13,14,15,17). The Morgan fingerprint density at radius 2 is 2.14 bits per heavy atom. The van der Waals surface area contributed by atoms with Gasteiger partial charge >= 0.3 is 5.97 Å². The van der Waals surface area contributed by atoms with Crippen LogP contribution in [0.1, 0.15) is 20.3 Å². The van der Waals surface area contributed by atoms with Crippen LogP contribution in [0.4, 0.5) is 5.13 Å². The first-order valence-corrected chi connectivity index (χ1v) is 8.40. The minimum absolute atomic E-state index is 0.0914. The third-order valence-electron chi connectivity index (χ3n) is 2.48. The molecule has 1 aromatic heterocycles. The van der Waals surface area contributed by atoms with Crippen LogP contribution in [0.5, 0.6) is 0 Å². The number of esters is 1. The highest BCUT2D eigenvalue weighted by Crippen LogP contribution is 2.20. The van der Waals surface area contributed by atoms with E-state index in [0.717, 1.165) is 23.7 Å². The van der Waals surface area contributed by atoms with E-state index in [9.17, 15) is 9.59 Å². The van der Waals surface area contributed by atoms with E-state index in [0.29, 0.717) is 16.8 Å². The number of aromatic nitrogens is 2. The lowest BCUT2D eigenvalue weighted by Gasteiger charge is -2.17. The number of thioether (sulfide) groups is 1. The van der Waals surface area contributed by atoms with Gasteiger partial charge in [0.05, 0.1) is 20.2 Å². The molecule has 7 nitrogen and oxygen atoms in total. The van der Waals surface area contributed by atoms with E-state index < -0.39 is 0 Å². The first-order valence-electron chi connectivity index (χ1n) is 6.64. The Balaban J connectivity index is 2.44. The summed E-state index contributed by atoms with van der Waals surface area (Å²) < 4.78 is 8.75. The van der Waals surface area contributed by atoms with Gasteiger partial charge in [-0.1, -0.05) is 25.6 Å². The molecule has 0 saturated heterocycles. The molecule has 0 spiro atoms. The Morgan fingerprint density at radius 1 is 1.38 bits per heavy atom. The summed E-state index contributed by atoms with van der Waals surface area (Å²) in [7, 11) is 1.33. The van der Waals surface area contributed by atoms with Crippen LogP contribution in [-0.2, 0) is 14.3 Å². The minimum Gasteiger partial charge on any atom is -0.468 e. The highest BCUT2D eigenvalue weighted by atomic mass is 32.2. The van der Waals surface area contributed by atoms with E-state index >= 15 is 0 Å². The van der Waals surface area contributed by atoms with Crippen LogP contribution in [0.3, 0.4) is 0 Å². The third-order valence-corrected chi connectivity index (χ3v) is 4.28. The molecule has 0 aliphatic heterocycles. The van der Waals surface area contributed by atoms with Crippen molar-refractivity contribution in [3.63, 3.8) is 0 Å². The number of anilines is 1. The van der Waals surface area contributed by atoms with E-state index in [2.05, 4.69) is 26.3 Å². The number of amides is 1. The van der Waals surface area contributed by atoms with Crippen LogP contribution in [0.25, 0.3) is 0 Å². The van der Waals surface area contributed by atoms with Crippen molar-refractivity contribution in [1.82, 2.24) is 14.3 Å². The molecule has 0 fully saturated rings. The number of nitrogens with zero attached hydrogens (tertiary/aromatic N) is 3. The zero-order chi connectivity index (χ0) is 15.7. The summed E-state index contributed by atoms with van der Waals surface area (Å²) in [4.78, 5) is 29.0. The van der Waals surface area contributed by atoms with E-state index in [-0.39, 0.29) is 25.0 Å². The van der Waals surface area contributed by atoms with Gasteiger partial charge in [0.15, 0.2) is 0 Å². The van der Waals surface area contributed by atoms with Gasteiger partial charge in [0.1, 0.15) is 0 Å². The minimum atomic E-state index is -0.362. The zero-order valence-electron chi connectivity index (χ0n) is 12.4. The molecule has 1 aromatic rings. The molecule has 1 amide bonds. The lowest BCUT2D eigenvalue weighted by atomic mass is 10.4. The number of hydrogen-bond donors (Lipinski definition) is 1. The van der Waals surface area contributed by atoms with Crippen molar-refractivity contribution >= 4 is 40.3 Å². The summed E-state index contributed by atoms with van der Waals surface area (Å²) in [5.41, 5.74) is 0. The van der Waals surface area contributed by atoms with Crippen LogP contribution in [0.15, 0.2) is 5.16 Å². The molecule has 0 atom stereocenters. The van der Waals surface area contributed by atoms with Crippen LogP contribution >= 0.6 is 23.3 Å². The molecule has 118 valence electrons. The normalized spacial score (nSPS) is 10.7. The molecule has 0 radical (unpaired) electrons. The Kier molecular flexibility index (Phi) is 8.24. The van der Waals surface area contributed by atoms with Gasteiger partial charge in [-0.3, -0.25) is 19.8 Å². The summed E-state index contributed by atoms with van der Waals surface area (Å²) in [6, 6.07) is 0. The van der Waals surface area contributed by atoms with Gasteiger partial charge in [-0.05, 0) is 13.0 Å². The second-order valence-corrected chi connectivity index (χ2v) is 5.97. The maximum Gasteiger partial charge on any atom is 0.319 e. The number of rotatable bonds is 9. The molecule has 1 N–H and O–H groups in total. The lowest BCUT2D eigenvalue weighted by molar-refractivity contribution is -0.142. The van der Waals surface area contributed by atoms with E-state index in [4.69, 9.17) is 0 Å². The van der Waals surface area contributed by atoms with Crippen molar-refractivity contribution < 1.29 is 14.3 Å². The van der Waals surface area contributed by atoms with Crippen LogP contribution < -0.4 is 5.32 Å². The van der Waals surface area contributed by atoms with Crippen molar-refractivity contribution in [2.45, 2.75) is 25.4 Å². The Labute approximate surface area is 132 Å². The molecular formula is C12H20N4O3S2. The topological polar surface area (TPSA) is 84.4 Å². The number of carbonyl (C=O) groups is 2. The maximum atomic E-state index is 11.9. The smallest absolute Gasteiger partial charge is 0.319 e. The van der Waals surface area contributed by atoms with Gasteiger partial charge in [-0.15, -0.1) is 0 Å². The summed E-state index contributed by atoms with van der Waals surface area (Å²) in [5.74, 6) is 0.370. The monoisotopic (exact) mass is 332 g/mol. The highest BCUT2D eigenvalue weighted by Gasteiger charge is 2.14. The Morgan fingerprint density at radius 3 is 2.76 bits per heavy atom. The molecule has 0 aromatic carbocycles. The summed E-state index contributed by atoms with van der Waals surface area (Å²) >= 11 is 2.72. The molecule has 1 heterocycles. The zero-order valence-corrected chi connectivity index (χ0v) is 14.1. The van der Waals surface area contributed by atoms with E-state index in [1.165, 1.54) is 7.11 Å². The second kappa shape index (κ2) is 9.69. The average Bonchev–Trinajstić information content (AvgIpc) is 2.91. The summed E-state index contributed by atoms with van der Waals surface area (Å²) in [5, 5.41) is 3.85. The van der Waals surface area contributed by atoms with Crippen LogP contribution in [0.2, 0.25) is 0 Å². The molecule has 0 aliphatic rings. The molecule has 1 rings (SSSR count). The highest BCUT2D eigenvalue weighted by molar-refractivity contribution is 7.99. The molecule has 0 bridgehead atoms. The van der Waals surface area contributed by atoms with Gasteiger partial charge in [-0.2, -0.15) is 9.36 Å². The van der Waals surface area contributed by atoms with Crippen LogP contribution in [-0.4, -0.2) is 58.6 Å². The maximum absolute atomic E-state index is 11.9. The van der Waals surface area contributed by atoms with Gasteiger partial charge in [0, 0.05) is 17.3 Å². The van der Waals surface area contributed by atoms with Crippen molar-refractivity contribution in [3.05, 3.63) is 0 Å². The summed E-state index contributed by atoms with van der Waals surface area (Å²) in [6.07, 6.45) is 1.05. The fourth-order valence-corrected chi connectivity index (χ4v) is 2.82. The quantitative estimate of drug-likeness (QED) is 0.541. The molecule has 9 heteroatoms. The molecule has 0 unspecified atom stereocenters. The van der Waals surface area contributed by atoms with Gasteiger partial charge in [-0.25, -0.2) is 0 Å². The molecule has 21 heavy (non-hydrogen) atoms. The molecular weight excluding hydrogens is 312 g/mol. The number of ether oxygens (including phenoxy) is 1. The SMILES string of the molecule is CCCSc1nsc(NC(=O)CN(CC)CC(=O)OC)n1. The van der Waals surface area contributed by atoms with E-state index in [1.54, 1.807) is 16.7 Å². The second-order valence-electron chi connectivity index (χ2n) is 4.16. The van der Waals surface area contributed by atoms with Crippen molar-refractivity contribution in [2.24, 2.45) is 0 Å². The average molecular weight is 332 g/mol. The lowest BCUT2D eigenvalue weighted by Crippen LogP contribution is -2.37. The fourth-order valence-electron chi connectivity index (χ4n) is 1.40. The number of nitrogens with one attached hydrogen (secondary N) is 1. The largest absolute Gasteiger partial charge is 0.468 e. The van der Waals surface area contributed by atoms with Gasteiger partial charge in [0.25, 0.3) is 0 Å². The summed E-state index contributed by atoms with van der Waals surface area (Å²) in [6.45, 7) is 4.75. The van der Waals surface area contributed by atoms with Gasteiger partial charge < -0.3 is 4.74 Å². The van der Waals surface area contributed by atoms with Crippen molar-refractivity contribution in [1.29, 1.82) is 0 Å².